The summed E-state index contributed by atoms with van der Waals surface area (Å²) in [5, 5.41) is 11.7. The van der Waals surface area contributed by atoms with Gasteiger partial charge >= 0.3 is 0 Å². The van der Waals surface area contributed by atoms with Crippen molar-refractivity contribution >= 4 is 21.6 Å². The van der Waals surface area contributed by atoms with E-state index < -0.39 is 5.60 Å². The Morgan fingerprint density at radius 2 is 1.86 bits per heavy atom. The van der Waals surface area contributed by atoms with Gasteiger partial charge < -0.3 is 9.84 Å². The standard InChI is InChI=1S/C17H17NO2S/c1-17(19,12-7-9-13(20-2)10-8-12)11-16-18-14-5-3-4-6-15(14)21-16/h3-10,19H,11H2,1-2H3. The predicted molar refractivity (Wildman–Crippen MR) is 85.9 cm³/mol. The highest BCUT2D eigenvalue weighted by atomic mass is 32.1. The molecule has 0 radical (unpaired) electrons. The van der Waals surface area contributed by atoms with Crippen molar-refractivity contribution < 1.29 is 9.84 Å². The first kappa shape index (κ1) is 14.0. The van der Waals surface area contributed by atoms with Gasteiger partial charge in [0.25, 0.3) is 0 Å². The number of ether oxygens (including phenoxy) is 1. The van der Waals surface area contributed by atoms with Crippen LogP contribution in [0.4, 0.5) is 0 Å². The molecule has 0 spiro atoms. The van der Waals surface area contributed by atoms with Crippen molar-refractivity contribution in [2.45, 2.75) is 18.9 Å². The summed E-state index contributed by atoms with van der Waals surface area (Å²) in [7, 11) is 1.63. The molecule has 1 N–H and O–H groups in total. The normalized spacial score (nSPS) is 14.0. The van der Waals surface area contributed by atoms with Crippen molar-refractivity contribution in [2.75, 3.05) is 7.11 Å². The van der Waals surface area contributed by atoms with Crippen molar-refractivity contribution in [3.8, 4) is 5.75 Å². The number of nitrogens with zero attached hydrogens (tertiary/aromatic N) is 1. The monoisotopic (exact) mass is 299 g/mol. The Bertz CT molecular complexity index is 714. The summed E-state index contributed by atoms with van der Waals surface area (Å²) in [6.45, 7) is 1.82. The van der Waals surface area contributed by atoms with E-state index in [9.17, 15) is 5.11 Å². The molecule has 0 saturated heterocycles. The number of aliphatic hydroxyl groups is 1. The number of hydrogen-bond donors (Lipinski definition) is 1. The first-order valence-corrected chi connectivity index (χ1v) is 7.61. The molecule has 4 heteroatoms. The Hall–Kier alpha value is -1.91. The second kappa shape index (κ2) is 5.47. The molecule has 3 nitrogen and oxygen atoms in total. The number of hydrogen-bond acceptors (Lipinski definition) is 4. The molecule has 108 valence electrons. The first-order valence-electron chi connectivity index (χ1n) is 6.80. The minimum Gasteiger partial charge on any atom is -0.497 e. The number of aromatic nitrogens is 1. The van der Waals surface area contributed by atoms with Crippen molar-refractivity contribution in [1.29, 1.82) is 0 Å². The molecule has 1 atom stereocenters. The SMILES string of the molecule is COc1ccc(C(C)(O)Cc2nc3ccccc3s2)cc1. The summed E-state index contributed by atoms with van der Waals surface area (Å²) < 4.78 is 6.30. The lowest BCUT2D eigenvalue weighted by Gasteiger charge is -2.22. The lowest BCUT2D eigenvalue weighted by atomic mass is 9.93. The van der Waals surface area contributed by atoms with Crippen LogP contribution in [0.15, 0.2) is 48.5 Å². The Balaban J connectivity index is 1.86. The minimum atomic E-state index is -0.944. The summed E-state index contributed by atoms with van der Waals surface area (Å²) in [4.78, 5) is 4.59. The highest BCUT2D eigenvalue weighted by Gasteiger charge is 2.25. The molecule has 0 aliphatic rings. The second-order valence-corrected chi connectivity index (χ2v) is 6.37. The van der Waals surface area contributed by atoms with Crippen LogP contribution >= 0.6 is 11.3 Å². The third-order valence-corrected chi connectivity index (χ3v) is 4.58. The topological polar surface area (TPSA) is 42.4 Å². The lowest BCUT2D eigenvalue weighted by molar-refractivity contribution is 0.0576. The average Bonchev–Trinajstić information content (AvgIpc) is 2.88. The van der Waals surface area contributed by atoms with Gasteiger partial charge in [-0.25, -0.2) is 4.98 Å². The number of rotatable bonds is 4. The fourth-order valence-electron chi connectivity index (χ4n) is 2.34. The largest absolute Gasteiger partial charge is 0.497 e. The molecule has 0 aliphatic carbocycles. The molecule has 3 aromatic rings. The van der Waals surface area contributed by atoms with Crippen LogP contribution < -0.4 is 4.74 Å². The quantitative estimate of drug-likeness (QED) is 0.797. The van der Waals surface area contributed by atoms with Gasteiger partial charge in [0.1, 0.15) is 5.75 Å². The molecule has 3 rings (SSSR count). The molecule has 1 aromatic heterocycles. The van der Waals surface area contributed by atoms with E-state index in [0.29, 0.717) is 6.42 Å². The maximum atomic E-state index is 10.8. The Morgan fingerprint density at radius 3 is 2.52 bits per heavy atom. The van der Waals surface area contributed by atoms with Crippen LogP contribution in [0.1, 0.15) is 17.5 Å². The van der Waals surface area contributed by atoms with E-state index in [4.69, 9.17) is 4.74 Å². The fourth-order valence-corrected chi connectivity index (χ4v) is 3.46. The summed E-state index contributed by atoms with van der Waals surface area (Å²) in [5.74, 6) is 0.787. The number of thiazole rings is 1. The summed E-state index contributed by atoms with van der Waals surface area (Å²) in [6, 6.07) is 15.6. The van der Waals surface area contributed by atoms with Gasteiger partial charge in [-0.15, -0.1) is 11.3 Å². The van der Waals surface area contributed by atoms with Crippen LogP contribution in [-0.2, 0) is 12.0 Å². The third-order valence-electron chi connectivity index (χ3n) is 3.55. The van der Waals surface area contributed by atoms with E-state index in [1.165, 1.54) is 0 Å². The van der Waals surface area contributed by atoms with Gasteiger partial charge in [0.2, 0.25) is 0 Å². The van der Waals surface area contributed by atoms with E-state index in [1.54, 1.807) is 18.4 Å². The van der Waals surface area contributed by atoms with Gasteiger partial charge in [0, 0.05) is 6.42 Å². The molecule has 0 aliphatic heterocycles. The molecule has 1 unspecified atom stereocenters. The van der Waals surface area contributed by atoms with Gasteiger partial charge in [0.15, 0.2) is 0 Å². The minimum absolute atomic E-state index is 0.499. The highest BCUT2D eigenvalue weighted by Crippen LogP contribution is 2.30. The zero-order valence-corrected chi connectivity index (χ0v) is 12.9. The van der Waals surface area contributed by atoms with Gasteiger partial charge in [0.05, 0.1) is 27.9 Å². The zero-order chi connectivity index (χ0) is 14.9. The third kappa shape index (κ3) is 2.91. The van der Waals surface area contributed by atoms with E-state index in [0.717, 1.165) is 26.5 Å². The average molecular weight is 299 g/mol. The molecule has 0 amide bonds. The summed E-state index contributed by atoms with van der Waals surface area (Å²) in [6.07, 6.45) is 0.499. The fraction of sp³-hybridized carbons (Fsp3) is 0.235. The maximum absolute atomic E-state index is 10.8. The maximum Gasteiger partial charge on any atom is 0.118 e. The van der Waals surface area contributed by atoms with E-state index in [1.807, 2.05) is 49.4 Å². The molecule has 0 fully saturated rings. The molecule has 0 saturated carbocycles. The van der Waals surface area contributed by atoms with Crippen LogP contribution in [0.5, 0.6) is 5.75 Å². The van der Waals surface area contributed by atoms with Crippen molar-refractivity contribution in [2.24, 2.45) is 0 Å². The van der Waals surface area contributed by atoms with Gasteiger partial charge in [-0.3, -0.25) is 0 Å². The van der Waals surface area contributed by atoms with Crippen LogP contribution in [0.25, 0.3) is 10.2 Å². The summed E-state index contributed by atoms with van der Waals surface area (Å²) in [5.41, 5.74) is 0.908. The number of para-hydroxylation sites is 1. The first-order chi connectivity index (χ1) is 10.1. The van der Waals surface area contributed by atoms with E-state index >= 15 is 0 Å². The van der Waals surface area contributed by atoms with Gasteiger partial charge in [-0.05, 0) is 36.8 Å². The Kier molecular flexibility index (Phi) is 3.66. The Morgan fingerprint density at radius 1 is 1.14 bits per heavy atom. The zero-order valence-electron chi connectivity index (χ0n) is 12.0. The molecular weight excluding hydrogens is 282 g/mol. The lowest BCUT2D eigenvalue weighted by Crippen LogP contribution is -2.24. The van der Waals surface area contributed by atoms with Crippen LogP contribution in [0, 0.1) is 0 Å². The van der Waals surface area contributed by atoms with Crippen molar-refractivity contribution in [3.63, 3.8) is 0 Å². The van der Waals surface area contributed by atoms with Crippen molar-refractivity contribution in [3.05, 3.63) is 59.1 Å². The van der Waals surface area contributed by atoms with Gasteiger partial charge in [-0.1, -0.05) is 24.3 Å². The predicted octanol–water partition coefficient (Wildman–Crippen LogP) is 3.76. The molecule has 0 bridgehead atoms. The molecule has 1 heterocycles. The second-order valence-electron chi connectivity index (χ2n) is 5.25. The number of fused-ring (bicyclic) bond motifs is 1. The van der Waals surface area contributed by atoms with Gasteiger partial charge in [-0.2, -0.15) is 0 Å². The molecule has 21 heavy (non-hydrogen) atoms. The molecule has 2 aromatic carbocycles. The van der Waals surface area contributed by atoms with Crippen LogP contribution in [0.2, 0.25) is 0 Å². The molecular formula is C17H17NO2S. The van der Waals surface area contributed by atoms with Crippen molar-refractivity contribution in [1.82, 2.24) is 4.98 Å². The number of benzene rings is 2. The smallest absolute Gasteiger partial charge is 0.118 e. The van der Waals surface area contributed by atoms with Crippen LogP contribution in [0.3, 0.4) is 0 Å². The number of methoxy groups -OCH3 is 1. The Labute approximate surface area is 127 Å². The van der Waals surface area contributed by atoms with E-state index in [2.05, 4.69) is 11.1 Å². The van der Waals surface area contributed by atoms with E-state index in [-0.39, 0.29) is 0 Å². The highest BCUT2D eigenvalue weighted by molar-refractivity contribution is 7.18. The summed E-state index contributed by atoms with van der Waals surface area (Å²) >= 11 is 1.63. The van der Waals surface area contributed by atoms with Crippen LogP contribution in [-0.4, -0.2) is 17.2 Å².